The molecular weight excluding hydrogens is 390 g/mol. The van der Waals surface area contributed by atoms with Gasteiger partial charge in [-0.25, -0.2) is 0 Å². The van der Waals surface area contributed by atoms with Gasteiger partial charge in [-0.05, 0) is 67.0 Å². The number of hydrogen-bond acceptors (Lipinski definition) is 3. The Hall–Kier alpha value is -2.99. The molecule has 1 aliphatic carbocycles. The zero-order valence-electron chi connectivity index (χ0n) is 15.6. The number of nitrogens with one attached hydrogen (secondary N) is 2. The molecule has 1 saturated carbocycles. The van der Waals surface area contributed by atoms with Crippen molar-refractivity contribution in [1.29, 1.82) is 0 Å². The summed E-state index contributed by atoms with van der Waals surface area (Å²) in [5.41, 5.74) is 4.63. The van der Waals surface area contributed by atoms with Gasteiger partial charge in [0.05, 0.1) is 22.0 Å². The molecule has 7 heteroatoms. The molecule has 148 valence electrons. The summed E-state index contributed by atoms with van der Waals surface area (Å²) in [4.78, 5) is 22.1. The lowest BCUT2D eigenvalue weighted by molar-refractivity contribution is -0.143. The van der Waals surface area contributed by atoms with Crippen LogP contribution in [0.5, 0.6) is 6.01 Å². The summed E-state index contributed by atoms with van der Waals surface area (Å²) in [5, 5.41) is 10.9. The average Bonchev–Trinajstić information content (AvgIpc) is 3.33. The molecule has 2 heterocycles. The van der Waals surface area contributed by atoms with Crippen LogP contribution in [0.1, 0.15) is 25.7 Å². The number of halogens is 1. The molecule has 0 aliphatic heterocycles. The van der Waals surface area contributed by atoms with Crippen LogP contribution in [-0.4, -0.2) is 32.1 Å². The van der Waals surface area contributed by atoms with E-state index in [0.29, 0.717) is 23.9 Å². The first-order valence-corrected chi connectivity index (χ1v) is 10.1. The standard InChI is InChI=1S/C22H20ClN3O3/c23-17-11-20-19(10-16(17)13-3-6-18-14(9-13)7-8-24-18)25-22(26-20)29-15-4-1-12(2-5-15)21(27)28/h3,6-12,15,24H,1-2,4-5H2,(H,25,26)(H,27,28). The van der Waals surface area contributed by atoms with E-state index in [0.717, 1.165) is 45.9 Å². The van der Waals surface area contributed by atoms with E-state index < -0.39 is 5.97 Å². The average molecular weight is 410 g/mol. The second kappa shape index (κ2) is 7.12. The third kappa shape index (κ3) is 3.44. The number of ether oxygens (including phenoxy) is 1. The quantitative estimate of drug-likeness (QED) is 0.421. The summed E-state index contributed by atoms with van der Waals surface area (Å²) in [6.07, 6.45) is 4.61. The van der Waals surface area contributed by atoms with Gasteiger partial charge in [0.2, 0.25) is 0 Å². The van der Waals surface area contributed by atoms with Crippen LogP contribution >= 0.6 is 11.6 Å². The Kier molecular flexibility index (Phi) is 4.43. The summed E-state index contributed by atoms with van der Waals surface area (Å²) in [5.74, 6) is -0.976. The first-order chi connectivity index (χ1) is 14.1. The van der Waals surface area contributed by atoms with Gasteiger partial charge in [0.25, 0.3) is 6.01 Å². The first kappa shape index (κ1) is 18.1. The minimum Gasteiger partial charge on any atom is -0.481 e. The van der Waals surface area contributed by atoms with Crippen LogP contribution in [0.2, 0.25) is 5.02 Å². The van der Waals surface area contributed by atoms with Gasteiger partial charge < -0.3 is 19.8 Å². The maximum absolute atomic E-state index is 11.1. The van der Waals surface area contributed by atoms with Crippen molar-refractivity contribution < 1.29 is 14.6 Å². The molecule has 0 atom stereocenters. The van der Waals surface area contributed by atoms with E-state index in [9.17, 15) is 4.79 Å². The van der Waals surface area contributed by atoms with Gasteiger partial charge in [0.15, 0.2) is 0 Å². The predicted octanol–water partition coefficient (Wildman–Crippen LogP) is 5.39. The molecule has 1 fully saturated rings. The number of carbonyl (C=O) groups is 1. The third-order valence-corrected chi connectivity index (χ3v) is 6.03. The third-order valence-electron chi connectivity index (χ3n) is 5.72. The van der Waals surface area contributed by atoms with Gasteiger partial charge in [-0.3, -0.25) is 4.79 Å². The Labute approximate surface area is 171 Å². The van der Waals surface area contributed by atoms with Crippen LogP contribution in [0.4, 0.5) is 0 Å². The van der Waals surface area contributed by atoms with E-state index in [1.165, 1.54) is 0 Å². The number of fused-ring (bicyclic) bond motifs is 2. The summed E-state index contributed by atoms with van der Waals surface area (Å²) in [6, 6.07) is 12.5. The number of carboxylic acid groups (broad SMARTS) is 1. The second-order valence-electron chi connectivity index (χ2n) is 7.60. The highest BCUT2D eigenvalue weighted by Crippen LogP contribution is 2.34. The Bertz CT molecular complexity index is 1200. The number of imidazole rings is 1. The van der Waals surface area contributed by atoms with Crippen molar-refractivity contribution in [3.8, 4) is 17.1 Å². The van der Waals surface area contributed by atoms with Crippen LogP contribution in [-0.2, 0) is 4.79 Å². The second-order valence-corrected chi connectivity index (χ2v) is 8.01. The van der Waals surface area contributed by atoms with Crippen LogP contribution in [0.25, 0.3) is 33.1 Å². The Balaban J connectivity index is 1.40. The molecule has 0 radical (unpaired) electrons. The summed E-state index contributed by atoms with van der Waals surface area (Å²) in [7, 11) is 0. The molecule has 29 heavy (non-hydrogen) atoms. The SMILES string of the molecule is O=C(O)C1CCC(Oc2nc3cc(-c4ccc5[nH]ccc5c4)c(Cl)cc3[nH]2)CC1. The molecule has 0 bridgehead atoms. The monoisotopic (exact) mass is 409 g/mol. The van der Waals surface area contributed by atoms with Crippen molar-refractivity contribution in [3.05, 3.63) is 47.6 Å². The van der Waals surface area contributed by atoms with Gasteiger partial charge in [-0.2, -0.15) is 4.98 Å². The Morgan fingerprint density at radius 3 is 2.72 bits per heavy atom. The number of H-pyrrole nitrogens is 2. The molecule has 3 N–H and O–H groups in total. The summed E-state index contributed by atoms with van der Waals surface area (Å²) in [6.45, 7) is 0. The molecule has 0 amide bonds. The number of aromatic nitrogens is 3. The molecule has 2 aromatic heterocycles. The van der Waals surface area contributed by atoms with Crippen LogP contribution in [0.3, 0.4) is 0 Å². The lowest BCUT2D eigenvalue weighted by Gasteiger charge is -2.25. The normalized spacial score (nSPS) is 19.6. The number of nitrogens with zero attached hydrogens (tertiary/aromatic N) is 1. The smallest absolute Gasteiger partial charge is 0.306 e. The summed E-state index contributed by atoms with van der Waals surface area (Å²) >= 11 is 6.56. The molecule has 0 spiro atoms. The molecule has 6 nitrogen and oxygen atoms in total. The maximum atomic E-state index is 11.1. The minimum atomic E-state index is -0.716. The van der Waals surface area contributed by atoms with E-state index in [2.05, 4.69) is 21.0 Å². The molecule has 0 unspecified atom stereocenters. The van der Waals surface area contributed by atoms with E-state index in [1.807, 2.05) is 36.5 Å². The van der Waals surface area contributed by atoms with Crippen molar-refractivity contribution in [2.24, 2.45) is 5.92 Å². The van der Waals surface area contributed by atoms with Crippen molar-refractivity contribution in [3.63, 3.8) is 0 Å². The maximum Gasteiger partial charge on any atom is 0.306 e. The topological polar surface area (TPSA) is 91.0 Å². The summed E-state index contributed by atoms with van der Waals surface area (Å²) < 4.78 is 5.99. The Morgan fingerprint density at radius 1 is 1.10 bits per heavy atom. The van der Waals surface area contributed by atoms with E-state index in [-0.39, 0.29) is 12.0 Å². The fourth-order valence-electron chi connectivity index (χ4n) is 4.09. The predicted molar refractivity (Wildman–Crippen MR) is 112 cm³/mol. The molecule has 4 aromatic rings. The van der Waals surface area contributed by atoms with Crippen molar-refractivity contribution in [1.82, 2.24) is 15.0 Å². The Morgan fingerprint density at radius 2 is 1.93 bits per heavy atom. The number of aliphatic carboxylic acids is 1. The number of hydrogen-bond donors (Lipinski definition) is 3. The molecule has 0 saturated heterocycles. The van der Waals surface area contributed by atoms with E-state index in [4.69, 9.17) is 21.4 Å². The van der Waals surface area contributed by atoms with E-state index >= 15 is 0 Å². The van der Waals surface area contributed by atoms with Crippen LogP contribution in [0.15, 0.2) is 42.6 Å². The minimum absolute atomic E-state index is 0.0166. The number of benzene rings is 2. The van der Waals surface area contributed by atoms with E-state index in [1.54, 1.807) is 0 Å². The molecule has 2 aromatic carbocycles. The van der Waals surface area contributed by atoms with Gasteiger partial charge in [0.1, 0.15) is 6.10 Å². The van der Waals surface area contributed by atoms with Crippen molar-refractivity contribution >= 4 is 39.5 Å². The number of carboxylic acids is 1. The fourth-order valence-corrected chi connectivity index (χ4v) is 4.36. The highest BCUT2D eigenvalue weighted by molar-refractivity contribution is 6.34. The lowest BCUT2D eigenvalue weighted by atomic mass is 9.87. The fraction of sp³-hybridized carbons (Fsp3) is 0.273. The van der Waals surface area contributed by atoms with Crippen molar-refractivity contribution in [2.45, 2.75) is 31.8 Å². The zero-order chi connectivity index (χ0) is 20.0. The zero-order valence-corrected chi connectivity index (χ0v) is 16.4. The van der Waals surface area contributed by atoms with Crippen molar-refractivity contribution in [2.75, 3.05) is 0 Å². The van der Waals surface area contributed by atoms with Gasteiger partial charge in [0, 0.05) is 17.3 Å². The molecule has 5 rings (SSSR count). The van der Waals surface area contributed by atoms with Crippen LogP contribution in [0, 0.1) is 5.92 Å². The molecular formula is C22H20ClN3O3. The van der Waals surface area contributed by atoms with Gasteiger partial charge in [-0.1, -0.05) is 17.7 Å². The van der Waals surface area contributed by atoms with Crippen LogP contribution < -0.4 is 4.74 Å². The highest BCUT2D eigenvalue weighted by Gasteiger charge is 2.27. The number of rotatable bonds is 4. The lowest BCUT2D eigenvalue weighted by Crippen LogP contribution is -2.28. The first-order valence-electron chi connectivity index (χ1n) is 9.73. The number of aromatic amines is 2. The highest BCUT2D eigenvalue weighted by atomic mass is 35.5. The molecule has 1 aliphatic rings. The largest absolute Gasteiger partial charge is 0.481 e. The van der Waals surface area contributed by atoms with Gasteiger partial charge in [-0.15, -0.1) is 0 Å². The van der Waals surface area contributed by atoms with Gasteiger partial charge >= 0.3 is 5.97 Å².